The molecule has 0 spiro atoms. The molecule has 21 heavy (non-hydrogen) atoms. The van der Waals surface area contributed by atoms with Crippen LogP contribution in [0.15, 0.2) is 30.3 Å². The quantitative estimate of drug-likeness (QED) is 0.874. The van der Waals surface area contributed by atoms with Crippen LogP contribution in [0.4, 0.5) is 0 Å². The Morgan fingerprint density at radius 1 is 1.38 bits per heavy atom. The highest BCUT2D eigenvalue weighted by Crippen LogP contribution is 2.24. The van der Waals surface area contributed by atoms with Gasteiger partial charge in [-0.2, -0.15) is 0 Å². The summed E-state index contributed by atoms with van der Waals surface area (Å²) in [6, 6.07) is 9.43. The fourth-order valence-corrected chi connectivity index (χ4v) is 2.85. The summed E-state index contributed by atoms with van der Waals surface area (Å²) in [7, 11) is 0. The van der Waals surface area contributed by atoms with Gasteiger partial charge in [0, 0.05) is 19.3 Å². The van der Waals surface area contributed by atoms with Crippen LogP contribution in [0.2, 0.25) is 0 Å². The lowest BCUT2D eigenvalue weighted by atomic mass is 9.90. The third-order valence-corrected chi connectivity index (χ3v) is 4.26. The van der Waals surface area contributed by atoms with Crippen molar-refractivity contribution in [3.05, 3.63) is 35.9 Å². The number of aliphatic hydroxyl groups is 1. The normalized spacial score (nSPS) is 20.5. The number of hydrogen-bond acceptors (Lipinski definition) is 3. The zero-order valence-electron chi connectivity index (χ0n) is 12.8. The van der Waals surface area contributed by atoms with Gasteiger partial charge < -0.3 is 15.2 Å². The summed E-state index contributed by atoms with van der Waals surface area (Å²) in [6.45, 7) is 5.26. The minimum Gasteiger partial charge on any atom is -0.385 e. The molecule has 4 nitrogen and oxygen atoms in total. The second kappa shape index (κ2) is 7.05. The standard InChI is InChI=1S/C17H25NO3/c1-13(14-8-10-21-11-9-14)18-16(19)12-17(2,20)15-6-4-3-5-7-15/h3-7,13-14,20H,8-12H2,1-2H3,(H,18,19). The van der Waals surface area contributed by atoms with Gasteiger partial charge in [0.15, 0.2) is 0 Å². The van der Waals surface area contributed by atoms with Crippen LogP contribution in [0.3, 0.4) is 0 Å². The SMILES string of the molecule is CC(NC(=O)CC(C)(O)c1ccccc1)C1CCOCC1. The molecule has 2 atom stereocenters. The summed E-state index contributed by atoms with van der Waals surface area (Å²) in [6.07, 6.45) is 2.04. The number of ether oxygens (including phenoxy) is 1. The maximum absolute atomic E-state index is 12.2. The maximum atomic E-state index is 12.2. The van der Waals surface area contributed by atoms with E-state index in [9.17, 15) is 9.90 Å². The number of hydrogen-bond donors (Lipinski definition) is 2. The van der Waals surface area contributed by atoms with E-state index in [4.69, 9.17) is 4.74 Å². The third-order valence-electron chi connectivity index (χ3n) is 4.26. The molecular formula is C17H25NO3. The first-order chi connectivity index (χ1) is 9.99. The molecule has 2 unspecified atom stereocenters. The zero-order chi connectivity index (χ0) is 15.3. The lowest BCUT2D eigenvalue weighted by Crippen LogP contribution is -2.42. The molecule has 2 rings (SSSR count). The molecule has 0 bridgehead atoms. The van der Waals surface area contributed by atoms with Crippen molar-refractivity contribution >= 4 is 5.91 Å². The Labute approximate surface area is 126 Å². The van der Waals surface area contributed by atoms with Gasteiger partial charge in [-0.05, 0) is 38.2 Å². The van der Waals surface area contributed by atoms with Crippen molar-refractivity contribution in [2.45, 2.75) is 44.8 Å². The average molecular weight is 291 g/mol. The van der Waals surface area contributed by atoms with Crippen LogP contribution in [-0.4, -0.2) is 30.3 Å². The number of rotatable bonds is 5. The predicted octanol–water partition coefficient (Wildman–Crippen LogP) is 2.22. The number of amides is 1. The Bertz CT molecular complexity index is 452. The molecule has 0 aliphatic carbocycles. The van der Waals surface area contributed by atoms with Crippen molar-refractivity contribution in [1.29, 1.82) is 0 Å². The van der Waals surface area contributed by atoms with Crippen molar-refractivity contribution < 1.29 is 14.6 Å². The molecule has 1 amide bonds. The van der Waals surface area contributed by atoms with E-state index in [-0.39, 0.29) is 18.4 Å². The van der Waals surface area contributed by atoms with Gasteiger partial charge in [-0.15, -0.1) is 0 Å². The predicted molar refractivity (Wildman–Crippen MR) is 81.8 cm³/mol. The van der Waals surface area contributed by atoms with E-state index < -0.39 is 5.60 Å². The van der Waals surface area contributed by atoms with Crippen LogP contribution in [0.5, 0.6) is 0 Å². The largest absolute Gasteiger partial charge is 0.385 e. The van der Waals surface area contributed by atoms with Crippen molar-refractivity contribution in [3.8, 4) is 0 Å². The molecule has 1 aliphatic heterocycles. The smallest absolute Gasteiger partial charge is 0.223 e. The first-order valence-electron chi connectivity index (χ1n) is 7.64. The number of benzene rings is 1. The average Bonchev–Trinajstić information content (AvgIpc) is 2.48. The first-order valence-corrected chi connectivity index (χ1v) is 7.64. The molecule has 1 aliphatic rings. The van der Waals surface area contributed by atoms with Crippen LogP contribution in [0.1, 0.15) is 38.7 Å². The van der Waals surface area contributed by atoms with E-state index in [1.807, 2.05) is 37.3 Å². The summed E-state index contributed by atoms with van der Waals surface area (Å²) in [5.74, 6) is 0.354. The van der Waals surface area contributed by atoms with Crippen molar-refractivity contribution in [1.82, 2.24) is 5.32 Å². The summed E-state index contributed by atoms with van der Waals surface area (Å²) in [5.41, 5.74) is -0.375. The first kappa shape index (κ1) is 16.0. The summed E-state index contributed by atoms with van der Waals surface area (Å²) < 4.78 is 5.34. The highest BCUT2D eigenvalue weighted by molar-refractivity contribution is 5.77. The molecule has 1 saturated heterocycles. The fraction of sp³-hybridized carbons (Fsp3) is 0.588. The van der Waals surface area contributed by atoms with E-state index in [1.165, 1.54) is 0 Å². The number of carbonyl (C=O) groups excluding carboxylic acids is 1. The molecule has 1 fully saturated rings. The van der Waals surface area contributed by atoms with Crippen LogP contribution in [-0.2, 0) is 15.1 Å². The molecule has 1 heterocycles. The Balaban J connectivity index is 1.88. The van der Waals surface area contributed by atoms with Gasteiger partial charge in [0.05, 0.1) is 12.0 Å². The van der Waals surface area contributed by atoms with Gasteiger partial charge in [0.1, 0.15) is 0 Å². The van der Waals surface area contributed by atoms with Crippen LogP contribution >= 0.6 is 0 Å². The molecule has 1 aromatic carbocycles. The second-order valence-electron chi connectivity index (χ2n) is 6.12. The number of nitrogens with one attached hydrogen (secondary N) is 1. The zero-order valence-corrected chi connectivity index (χ0v) is 12.8. The van der Waals surface area contributed by atoms with Gasteiger partial charge in [-0.3, -0.25) is 4.79 Å². The van der Waals surface area contributed by atoms with Crippen LogP contribution in [0.25, 0.3) is 0 Å². The number of carbonyl (C=O) groups is 1. The van der Waals surface area contributed by atoms with Gasteiger partial charge in [0.2, 0.25) is 5.91 Å². The van der Waals surface area contributed by atoms with Crippen LogP contribution < -0.4 is 5.32 Å². The van der Waals surface area contributed by atoms with Crippen molar-refractivity contribution in [3.63, 3.8) is 0 Å². The van der Waals surface area contributed by atoms with E-state index in [2.05, 4.69) is 5.32 Å². The highest BCUT2D eigenvalue weighted by Gasteiger charge is 2.28. The summed E-state index contributed by atoms with van der Waals surface area (Å²) in [4.78, 5) is 12.2. The molecule has 4 heteroatoms. The molecule has 116 valence electrons. The molecule has 2 N–H and O–H groups in total. The molecular weight excluding hydrogens is 266 g/mol. The van der Waals surface area contributed by atoms with Gasteiger partial charge in [-0.1, -0.05) is 30.3 Å². The van der Waals surface area contributed by atoms with E-state index in [0.29, 0.717) is 5.92 Å². The molecule has 1 aromatic rings. The van der Waals surface area contributed by atoms with E-state index in [0.717, 1.165) is 31.6 Å². The lowest BCUT2D eigenvalue weighted by Gasteiger charge is -2.30. The topological polar surface area (TPSA) is 58.6 Å². The van der Waals surface area contributed by atoms with Crippen molar-refractivity contribution in [2.24, 2.45) is 5.92 Å². The van der Waals surface area contributed by atoms with Gasteiger partial charge in [0.25, 0.3) is 0 Å². The monoisotopic (exact) mass is 291 g/mol. The third kappa shape index (κ3) is 4.55. The Morgan fingerprint density at radius 3 is 2.62 bits per heavy atom. The molecule has 0 aromatic heterocycles. The van der Waals surface area contributed by atoms with Crippen LogP contribution in [0, 0.1) is 5.92 Å². The second-order valence-corrected chi connectivity index (χ2v) is 6.12. The highest BCUT2D eigenvalue weighted by atomic mass is 16.5. The fourth-order valence-electron chi connectivity index (χ4n) is 2.85. The minimum absolute atomic E-state index is 0.0740. The Kier molecular flexibility index (Phi) is 5.37. The summed E-state index contributed by atoms with van der Waals surface area (Å²) >= 11 is 0. The minimum atomic E-state index is -1.14. The van der Waals surface area contributed by atoms with E-state index in [1.54, 1.807) is 6.92 Å². The van der Waals surface area contributed by atoms with E-state index >= 15 is 0 Å². The molecule has 0 saturated carbocycles. The van der Waals surface area contributed by atoms with Gasteiger partial charge in [-0.25, -0.2) is 0 Å². The Hall–Kier alpha value is -1.39. The summed E-state index contributed by atoms with van der Waals surface area (Å²) in [5, 5.41) is 13.5. The lowest BCUT2D eigenvalue weighted by molar-refractivity contribution is -0.127. The Morgan fingerprint density at radius 2 is 2.00 bits per heavy atom. The molecule has 0 radical (unpaired) electrons. The van der Waals surface area contributed by atoms with Crippen molar-refractivity contribution in [2.75, 3.05) is 13.2 Å². The maximum Gasteiger partial charge on any atom is 0.223 e. The van der Waals surface area contributed by atoms with Gasteiger partial charge >= 0.3 is 0 Å².